The van der Waals surface area contributed by atoms with Crippen LogP contribution in [-0.4, -0.2) is 30.1 Å². The maximum Gasteiger partial charge on any atom is 0.397 e. The van der Waals surface area contributed by atoms with Gasteiger partial charge in [0.15, 0.2) is 0 Å². The Labute approximate surface area is 92.8 Å². The number of carbonyl (C=O) groups excluding carboxylic acids is 1. The number of carbonyl (C=O) groups is 1. The number of hydrogen-bond donors (Lipinski definition) is 0. The summed E-state index contributed by atoms with van der Waals surface area (Å²) in [6.07, 6.45) is -5.89. The normalized spacial score (nSPS) is 11.3. The van der Waals surface area contributed by atoms with E-state index < -0.39 is 18.5 Å². The summed E-state index contributed by atoms with van der Waals surface area (Å²) in [5.74, 6) is -0.882. The van der Waals surface area contributed by atoms with Gasteiger partial charge in [-0.15, -0.1) is 0 Å². The number of rotatable bonds is 5. The summed E-state index contributed by atoms with van der Waals surface area (Å²) in [7, 11) is 0. The average molecular weight is 236 g/mol. The monoisotopic (exact) mass is 236 g/mol. The molecule has 0 fully saturated rings. The molecule has 0 unspecified atom stereocenters. The second kappa shape index (κ2) is 6.36. The molecule has 0 spiro atoms. The van der Waals surface area contributed by atoms with Crippen molar-refractivity contribution in [1.82, 2.24) is 4.90 Å². The van der Waals surface area contributed by atoms with Gasteiger partial charge in [0.2, 0.25) is 5.91 Å². The smallest absolute Gasteiger partial charge is 0.341 e. The van der Waals surface area contributed by atoms with E-state index in [2.05, 4.69) is 0 Å². The highest BCUT2D eigenvalue weighted by atomic mass is 19.4. The molecule has 0 saturated carbocycles. The molecule has 0 aliphatic rings. The largest absolute Gasteiger partial charge is 0.397 e. The highest BCUT2D eigenvalue weighted by Crippen LogP contribution is 2.21. The lowest BCUT2D eigenvalue weighted by atomic mass is 10.2. The molecular formula is C10H15F3N2O. The Morgan fingerprint density at radius 2 is 2.00 bits per heavy atom. The summed E-state index contributed by atoms with van der Waals surface area (Å²) in [5.41, 5.74) is 0. The molecule has 0 bridgehead atoms. The van der Waals surface area contributed by atoms with Crippen LogP contribution in [0.3, 0.4) is 0 Å². The van der Waals surface area contributed by atoms with Crippen LogP contribution in [0.25, 0.3) is 0 Å². The Balaban J connectivity index is 4.38. The number of halogens is 3. The maximum absolute atomic E-state index is 12.0. The minimum absolute atomic E-state index is 0.0519. The highest BCUT2D eigenvalue weighted by molar-refractivity contribution is 5.76. The standard InChI is InChI=1S/C10H15F3N2O/c1-8(2)7-15(5-3-4-14)9(16)6-10(11,12)13/h8H,3,5-7H2,1-2H3. The summed E-state index contributed by atoms with van der Waals surface area (Å²) in [6.45, 7) is 3.92. The highest BCUT2D eigenvalue weighted by Gasteiger charge is 2.33. The van der Waals surface area contributed by atoms with Crippen molar-refractivity contribution < 1.29 is 18.0 Å². The summed E-state index contributed by atoms with van der Waals surface area (Å²) in [4.78, 5) is 12.4. The molecule has 0 aromatic heterocycles. The third-order valence-electron chi connectivity index (χ3n) is 1.78. The zero-order valence-corrected chi connectivity index (χ0v) is 9.34. The van der Waals surface area contributed by atoms with Gasteiger partial charge in [-0.05, 0) is 5.92 Å². The summed E-state index contributed by atoms with van der Waals surface area (Å²) < 4.78 is 36.0. The van der Waals surface area contributed by atoms with Crippen molar-refractivity contribution in [2.75, 3.05) is 13.1 Å². The second-order valence-electron chi connectivity index (χ2n) is 3.93. The minimum Gasteiger partial charge on any atom is -0.341 e. The first kappa shape index (κ1) is 14.8. The van der Waals surface area contributed by atoms with Crippen molar-refractivity contribution >= 4 is 5.91 Å². The van der Waals surface area contributed by atoms with Gasteiger partial charge >= 0.3 is 6.18 Å². The molecule has 0 N–H and O–H groups in total. The number of nitrogens with zero attached hydrogens (tertiary/aromatic N) is 2. The fraction of sp³-hybridized carbons (Fsp3) is 0.800. The van der Waals surface area contributed by atoms with Crippen molar-refractivity contribution in [3.8, 4) is 6.07 Å². The molecule has 0 aliphatic heterocycles. The van der Waals surface area contributed by atoms with E-state index >= 15 is 0 Å². The molecule has 1 amide bonds. The Morgan fingerprint density at radius 3 is 2.38 bits per heavy atom. The average Bonchev–Trinajstić information content (AvgIpc) is 2.08. The van der Waals surface area contributed by atoms with Crippen LogP contribution in [0, 0.1) is 17.2 Å². The topological polar surface area (TPSA) is 44.1 Å². The maximum atomic E-state index is 12.0. The molecule has 16 heavy (non-hydrogen) atoms. The minimum atomic E-state index is -4.49. The Kier molecular flexibility index (Phi) is 5.86. The van der Waals surface area contributed by atoms with Gasteiger partial charge < -0.3 is 4.90 Å². The molecule has 0 radical (unpaired) electrons. The van der Waals surface area contributed by atoms with E-state index in [1.807, 2.05) is 6.07 Å². The fourth-order valence-corrected chi connectivity index (χ4v) is 1.23. The molecule has 0 aliphatic carbocycles. The quantitative estimate of drug-likeness (QED) is 0.735. The first-order chi connectivity index (χ1) is 7.26. The van der Waals surface area contributed by atoms with Crippen LogP contribution in [0.2, 0.25) is 0 Å². The molecule has 0 saturated heterocycles. The molecule has 0 atom stereocenters. The van der Waals surface area contributed by atoms with Gasteiger partial charge in [-0.2, -0.15) is 18.4 Å². The van der Waals surface area contributed by atoms with E-state index in [4.69, 9.17) is 5.26 Å². The fourth-order valence-electron chi connectivity index (χ4n) is 1.23. The summed E-state index contributed by atoms with van der Waals surface area (Å²) in [6, 6.07) is 1.81. The zero-order valence-electron chi connectivity index (χ0n) is 9.34. The van der Waals surface area contributed by atoms with Gasteiger partial charge in [0.05, 0.1) is 12.5 Å². The molecule has 0 rings (SSSR count). The third kappa shape index (κ3) is 7.10. The number of amides is 1. The van der Waals surface area contributed by atoms with Crippen molar-refractivity contribution in [2.24, 2.45) is 5.92 Å². The summed E-state index contributed by atoms with van der Waals surface area (Å²) >= 11 is 0. The van der Waals surface area contributed by atoms with E-state index in [0.717, 1.165) is 4.90 Å². The Bertz CT molecular complexity index is 268. The van der Waals surface area contributed by atoms with Crippen LogP contribution in [0.5, 0.6) is 0 Å². The van der Waals surface area contributed by atoms with Gasteiger partial charge in [0, 0.05) is 13.1 Å². The first-order valence-corrected chi connectivity index (χ1v) is 4.97. The van der Waals surface area contributed by atoms with Gasteiger partial charge in [-0.25, -0.2) is 0 Å². The van der Waals surface area contributed by atoms with E-state index in [1.165, 1.54) is 0 Å². The molecule has 0 aromatic rings. The second-order valence-corrected chi connectivity index (χ2v) is 3.93. The molecular weight excluding hydrogens is 221 g/mol. The lowest BCUT2D eigenvalue weighted by molar-refractivity contribution is -0.161. The summed E-state index contributed by atoms with van der Waals surface area (Å²) in [5, 5.41) is 8.35. The molecule has 3 nitrogen and oxygen atoms in total. The zero-order chi connectivity index (χ0) is 12.8. The first-order valence-electron chi connectivity index (χ1n) is 4.97. The van der Waals surface area contributed by atoms with E-state index in [1.54, 1.807) is 13.8 Å². The molecule has 0 heterocycles. The SMILES string of the molecule is CC(C)CN(CCC#N)C(=O)CC(F)(F)F. The van der Waals surface area contributed by atoms with Crippen molar-refractivity contribution in [1.29, 1.82) is 5.26 Å². The number of nitriles is 1. The van der Waals surface area contributed by atoms with Crippen LogP contribution in [-0.2, 0) is 4.79 Å². The van der Waals surface area contributed by atoms with Crippen molar-refractivity contribution in [3.63, 3.8) is 0 Å². The molecule has 6 heteroatoms. The molecule has 0 aromatic carbocycles. The van der Waals surface area contributed by atoms with Gasteiger partial charge in [0.1, 0.15) is 6.42 Å². The van der Waals surface area contributed by atoms with E-state index in [0.29, 0.717) is 0 Å². The predicted molar refractivity (Wildman–Crippen MR) is 52.3 cm³/mol. The van der Waals surface area contributed by atoms with E-state index in [9.17, 15) is 18.0 Å². The predicted octanol–water partition coefficient (Wildman–Crippen LogP) is 2.34. The van der Waals surface area contributed by atoms with Crippen LogP contribution in [0.15, 0.2) is 0 Å². The van der Waals surface area contributed by atoms with Crippen molar-refractivity contribution in [3.05, 3.63) is 0 Å². The van der Waals surface area contributed by atoms with Crippen LogP contribution >= 0.6 is 0 Å². The van der Waals surface area contributed by atoms with Crippen LogP contribution in [0.1, 0.15) is 26.7 Å². The van der Waals surface area contributed by atoms with Gasteiger partial charge in [-0.3, -0.25) is 4.79 Å². The van der Waals surface area contributed by atoms with E-state index in [-0.39, 0.29) is 25.4 Å². The lowest BCUT2D eigenvalue weighted by Crippen LogP contribution is -2.37. The third-order valence-corrected chi connectivity index (χ3v) is 1.78. The van der Waals surface area contributed by atoms with Crippen LogP contribution < -0.4 is 0 Å². The number of alkyl halides is 3. The Morgan fingerprint density at radius 1 is 1.44 bits per heavy atom. The lowest BCUT2D eigenvalue weighted by Gasteiger charge is -2.24. The molecule has 92 valence electrons. The van der Waals surface area contributed by atoms with Crippen molar-refractivity contribution in [2.45, 2.75) is 32.9 Å². The number of hydrogen-bond acceptors (Lipinski definition) is 2. The van der Waals surface area contributed by atoms with Gasteiger partial charge in [0.25, 0.3) is 0 Å². The van der Waals surface area contributed by atoms with Gasteiger partial charge in [-0.1, -0.05) is 13.8 Å². The van der Waals surface area contributed by atoms with Crippen LogP contribution in [0.4, 0.5) is 13.2 Å². The Hall–Kier alpha value is -1.25.